The molecule has 31 heavy (non-hydrogen) atoms. The first-order valence-corrected chi connectivity index (χ1v) is 10.8. The zero-order chi connectivity index (χ0) is 22.8. The van der Waals surface area contributed by atoms with Gasteiger partial charge in [0.1, 0.15) is 35.4 Å². The lowest BCUT2D eigenvalue weighted by atomic mass is 9.40. The maximum Gasteiger partial charge on any atom is 0.307 e. The predicted molar refractivity (Wildman–Crippen MR) is 103 cm³/mol. The zero-order valence-corrected chi connectivity index (χ0v) is 18.6. The molecule has 0 amide bonds. The molecule has 0 bridgehead atoms. The number of hydrogen-bond acceptors (Lipinski definition) is 9. The summed E-state index contributed by atoms with van der Waals surface area (Å²) in [6.45, 7) is 8.01. The van der Waals surface area contributed by atoms with Crippen LogP contribution in [-0.2, 0) is 42.9 Å². The van der Waals surface area contributed by atoms with E-state index in [1.807, 2.05) is 13.8 Å². The van der Waals surface area contributed by atoms with Crippen LogP contribution in [0.5, 0.6) is 0 Å². The van der Waals surface area contributed by atoms with Gasteiger partial charge < -0.3 is 23.7 Å². The van der Waals surface area contributed by atoms with E-state index in [0.717, 1.165) is 0 Å². The van der Waals surface area contributed by atoms with Crippen molar-refractivity contribution in [1.82, 2.24) is 0 Å². The van der Waals surface area contributed by atoms with Gasteiger partial charge in [0.05, 0.1) is 13.0 Å². The fraction of sp³-hybridized carbons (Fsp3) is 0.818. The number of fused-ring (bicyclic) bond motifs is 1. The topological polar surface area (TPSA) is 118 Å². The molecule has 2 heterocycles. The maximum atomic E-state index is 12.7. The summed E-state index contributed by atoms with van der Waals surface area (Å²) in [4.78, 5) is 48.7. The summed E-state index contributed by atoms with van der Waals surface area (Å²) in [5.74, 6) is -1.83. The normalized spacial score (nSPS) is 45.2. The second-order valence-corrected chi connectivity index (χ2v) is 9.70. The van der Waals surface area contributed by atoms with Crippen molar-refractivity contribution in [2.45, 2.75) is 83.7 Å². The van der Waals surface area contributed by atoms with Crippen molar-refractivity contribution in [2.24, 2.45) is 16.7 Å². The van der Waals surface area contributed by atoms with Gasteiger partial charge in [0.15, 0.2) is 0 Å². The number of carbonyl (C=O) groups excluding carboxylic acids is 4. The third-order valence-electron chi connectivity index (χ3n) is 8.26. The summed E-state index contributed by atoms with van der Waals surface area (Å²) in [6.07, 6.45) is 0.0521. The molecule has 2 saturated heterocycles. The number of rotatable bonds is 4. The molecule has 4 aliphatic rings. The summed E-state index contributed by atoms with van der Waals surface area (Å²) in [5, 5.41) is 0. The molecule has 4 fully saturated rings. The van der Waals surface area contributed by atoms with Gasteiger partial charge in [0, 0.05) is 26.2 Å². The Morgan fingerprint density at radius 3 is 2.23 bits per heavy atom. The summed E-state index contributed by atoms with van der Waals surface area (Å²) in [5.41, 5.74) is -3.99. The Morgan fingerprint density at radius 1 is 1.06 bits per heavy atom. The van der Waals surface area contributed by atoms with E-state index < -0.39 is 52.1 Å². The molecule has 0 aromatic carbocycles. The molecule has 4 rings (SSSR count). The van der Waals surface area contributed by atoms with Crippen LogP contribution in [0.25, 0.3) is 0 Å². The number of ether oxygens (including phenoxy) is 5. The molecule has 0 radical (unpaired) electrons. The fourth-order valence-corrected chi connectivity index (χ4v) is 6.81. The van der Waals surface area contributed by atoms with E-state index in [4.69, 9.17) is 23.7 Å². The molecular formula is C22H30O9. The molecule has 9 nitrogen and oxygen atoms in total. The minimum absolute atomic E-state index is 0.0187. The molecular weight excluding hydrogens is 408 g/mol. The number of carbonyl (C=O) groups is 4. The van der Waals surface area contributed by atoms with E-state index in [-0.39, 0.29) is 31.5 Å². The molecule has 0 aromatic heterocycles. The Morgan fingerprint density at radius 2 is 1.68 bits per heavy atom. The van der Waals surface area contributed by atoms with Crippen LogP contribution in [0.3, 0.4) is 0 Å². The monoisotopic (exact) mass is 438 g/mol. The molecule has 2 saturated carbocycles. The SMILES string of the molecule is CC(=O)OC[C@@]12[C@@H](OC(C)=O)C[C@@H](C)[C@]3(C)CC(=O)O[C@]13CC[C@@H](OC(C)=O)[C@]21CO1. The van der Waals surface area contributed by atoms with Crippen LogP contribution in [0.4, 0.5) is 0 Å². The quantitative estimate of drug-likeness (QED) is 0.367. The van der Waals surface area contributed by atoms with Gasteiger partial charge in [-0.2, -0.15) is 0 Å². The number of hydrogen-bond donors (Lipinski definition) is 0. The van der Waals surface area contributed by atoms with Crippen LogP contribution in [0.15, 0.2) is 0 Å². The highest BCUT2D eigenvalue weighted by molar-refractivity contribution is 5.75. The highest BCUT2D eigenvalue weighted by atomic mass is 16.7. The van der Waals surface area contributed by atoms with Gasteiger partial charge in [-0.1, -0.05) is 13.8 Å². The molecule has 9 heteroatoms. The Balaban J connectivity index is 1.95. The van der Waals surface area contributed by atoms with Gasteiger partial charge in [-0.05, 0) is 25.2 Å². The highest BCUT2D eigenvalue weighted by Gasteiger charge is 2.87. The smallest absolute Gasteiger partial charge is 0.307 e. The predicted octanol–water partition coefficient (Wildman–Crippen LogP) is 1.69. The second kappa shape index (κ2) is 6.92. The maximum absolute atomic E-state index is 12.7. The lowest BCUT2D eigenvalue weighted by Gasteiger charge is -2.66. The molecule has 0 unspecified atom stereocenters. The van der Waals surface area contributed by atoms with E-state index in [2.05, 4.69) is 0 Å². The average molecular weight is 438 g/mol. The highest BCUT2D eigenvalue weighted by Crippen LogP contribution is 2.74. The van der Waals surface area contributed by atoms with Gasteiger partial charge in [0.2, 0.25) is 0 Å². The van der Waals surface area contributed by atoms with Crippen LogP contribution in [-0.4, -0.2) is 60.5 Å². The Bertz CT molecular complexity index is 833. The molecule has 2 aliphatic heterocycles. The van der Waals surface area contributed by atoms with Gasteiger partial charge in [-0.25, -0.2) is 0 Å². The van der Waals surface area contributed by atoms with Crippen molar-refractivity contribution in [3.63, 3.8) is 0 Å². The van der Waals surface area contributed by atoms with Gasteiger partial charge >= 0.3 is 23.9 Å². The lowest BCUT2D eigenvalue weighted by molar-refractivity contribution is -0.304. The Kier molecular flexibility index (Phi) is 4.92. The van der Waals surface area contributed by atoms with Gasteiger partial charge in [-0.3, -0.25) is 19.2 Å². The Labute approximate surface area is 181 Å². The van der Waals surface area contributed by atoms with Crippen molar-refractivity contribution in [1.29, 1.82) is 0 Å². The lowest BCUT2D eigenvalue weighted by Crippen LogP contribution is -2.78. The summed E-state index contributed by atoms with van der Waals surface area (Å²) in [7, 11) is 0. The van der Waals surface area contributed by atoms with Crippen molar-refractivity contribution in [3.8, 4) is 0 Å². The minimum Gasteiger partial charge on any atom is -0.465 e. The third kappa shape index (κ3) is 2.78. The first-order chi connectivity index (χ1) is 14.4. The van der Waals surface area contributed by atoms with Crippen molar-refractivity contribution >= 4 is 23.9 Å². The first-order valence-electron chi connectivity index (χ1n) is 10.8. The van der Waals surface area contributed by atoms with Crippen molar-refractivity contribution < 1.29 is 42.9 Å². The van der Waals surface area contributed by atoms with Crippen LogP contribution in [0.2, 0.25) is 0 Å². The summed E-state index contributed by atoms with van der Waals surface area (Å²) in [6, 6.07) is 0. The molecule has 7 atom stereocenters. The average Bonchev–Trinajstić information content (AvgIpc) is 3.38. The third-order valence-corrected chi connectivity index (χ3v) is 8.26. The van der Waals surface area contributed by atoms with Crippen LogP contribution in [0.1, 0.15) is 60.3 Å². The van der Waals surface area contributed by atoms with Gasteiger partial charge in [0.25, 0.3) is 0 Å². The summed E-state index contributed by atoms with van der Waals surface area (Å²) >= 11 is 0. The van der Waals surface area contributed by atoms with E-state index in [9.17, 15) is 19.2 Å². The zero-order valence-electron chi connectivity index (χ0n) is 18.6. The first kappa shape index (κ1) is 22.0. The summed E-state index contributed by atoms with van der Waals surface area (Å²) < 4.78 is 29.2. The molecule has 0 N–H and O–H groups in total. The number of epoxide rings is 1. The van der Waals surface area contributed by atoms with E-state index in [1.165, 1.54) is 20.8 Å². The molecule has 2 aliphatic carbocycles. The largest absolute Gasteiger partial charge is 0.465 e. The second-order valence-electron chi connectivity index (χ2n) is 9.70. The van der Waals surface area contributed by atoms with E-state index in [0.29, 0.717) is 19.3 Å². The van der Waals surface area contributed by atoms with E-state index in [1.54, 1.807) is 0 Å². The van der Waals surface area contributed by atoms with Crippen LogP contribution >= 0.6 is 0 Å². The molecule has 172 valence electrons. The van der Waals surface area contributed by atoms with Gasteiger partial charge in [-0.15, -0.1) is 0 Å². The standard InChI is InChI=1S/C22H30O9/c1-12-8-17(30-15(4)25)20(10-27-13(2)23)21(11-28-21)16(29-14(3)24)6-7-22(20)19(12,5)9-18(26)31-22/h12,16-17H,6-11H2,1-5H3/t12-,16-,17+,19+,20+,21-,22+/m1/s1. The Hall–Kier alpha value is -2.16. The minimum atomic E-state index is -1.21. The van der Waals surface area contributed by atoms with E-state index >= 15 is 0 Å². The molecule has 2 spiro atoms. The van der Waals surface area contributed by atoms with Crippen LogP contribution in [0, 0.1) is 16.7 Å². The molecule has 0 aromatic rings. The van der Waals surface area contributed by atoms with Crippen LogP contribution < -0.4 is 0 Å². The van der Waals surface area contributed by atoms with Crippen molar-refractivity contribution in [3.05, 3.63) is 0 Å². The fourth-order valence-electron chi connectivity index (χ4n) is 6.81. The number of esters is 4. The van der Waals surface area contributed by atoms with Crippen molar-refractivity contribution in [2.75, 3.05) is 13.2 Å².